The van der Waals surface area contributed by atoms with Gasteiger partial charge in [-0.3, -0.25) is 4.98 Å². The summed E-state index contributed by atoms with van der Waals surface area (Å²) >= 11 is 0. The van der Waals surface area contributed by atoms with E-state index >= 15 is 0 Å². The summed E-state index contributed by atoms with van der Waals surface area (Å²) in [6.45, 7) is 2.72. The monoisotopic (exact) mass is 230 g/mol. The Bertz CT molecular complexity index is 449. The molecule has 2 rings (SSSR count). The van der Waals surface area contributed by atoms with Crippen molar-refractivity contribution in [1.29, 1.82) is 0 Å². The average Bonchev–Trinajstić information content (AvgIpc) is 2.81. The van der Waals surface area contributed by atoms with Gasteiger partial charge in [0.1, 0.15) is 5.82 Å². The van der Waals surface area contributed by atoms with Crippen LogP contribution in [0.3, 0.4) is 0 Å². The lowest BCUT2D eigenvalue weighted by Gasteiger charge is -2.19. The largest absolute Gasteiger partial charge is 0.328 e. The van der Waals surface area contributed by atoms with Crippen LogP contribution >= 0.6 is 0 Å². The maximum absolute atomic E-state index is 5.89. The van der Waals surface area contributed by atoms with E-state index in [0.717, 1.165) is 18.7 Å². The molecule has 17 heavy (non-hydrogen) atoms. The van der Waals surface area contributed by atoms with Crippen LogP contribution in [0.15, 0.2) is 36.9 Å². The number of rotatable bonds is 5. The minimum atomic E-state index is 0.155. The molecule has 2 N–H and O–H groups in total. The molecule has 0 radical (unpaired) electrons. The molecule has 1 unspecified atom stereocenters. The lowest BCUT2D eigenvalue weighted by Crippen LogP contribution is -2.21. The summed E-state index contributed by atoms with van der Waals surface area (Å²) in [5, 5.41) is 0. The minimum Gasteiger partial charge on any atom is -0.328 e. The zero-order chi connectivity index (χ0) is 12.1. The summed E-state index contributed by atoms with van der Waals surface area (Å²) in [6, 6.07) is 4.17. The van der Waals surface area contributed by atoms with Crippen LogP contribution in [0.4, 0.5) is 0 Å². The molecule has 0 saturated carbocycles. The van der Waals surface area contributed by atoms with Gasteiger partial charge in [0.25, 0.3) is 0 Å². The molecule has 1 atom stereocenters. The van der Waals surface area contributed by atoms with Crippen molar-refractivity contribution in [3.05, 3.63) is 48.3 Å². The number of nitrogens with zero attached hydrogens (tertiary/aromatic N) is 3. The fraction of sp³-hybridized carbons (Fsp3) is 0.385. The maximum atomic E-state index is 5.89. The van der Waals surface area contributed by atoms with Gasteiger partial charge in [0, 0.05) is 37.8 Å². The van der Waals surface area contributed by atoms with Crippen LogP contribution in [0.25, 0.3) is 0 Å². The molecule has 0 amide bonds. The van der Waals surface area contributed by atoms with Gasteiger partial charge in [-0.15, -0.1) is 0 Å². The van der Waals surface area contributed by atoms with Crippen molar-refractivity contribution in [2.24, 2.45) is 5.73 Å². The highest BCUT2D eigenvalue weighted by molar-refractivity contribution is 5.18. The van der Waals surface area contributed by atoms with Crippen molar-refractivity contribution in [1.82, 2.24) is 14.5 Å². The van der Waals surface area contributed by atoms with Gasteiger partial charge in [0.05, 0.1) is 6.04 Å². The van der Waals surface area contributed by atoms with Crippen LogP contribution in [0, 0.1) is 0 Å². The first-order chi connectivity index (χ1) is 8.36. The predicted molar refractivity (Wildman–Crippen MR) is 67.7 cm³/mol. The highest BCUT2D eigenvalue weighted by Crippen LogP contribution is 2.18. The van der Waals surface area contributed by atoms with Gasteiger partial charge in [-0.05, 0) is 24.1 Å². The lowest BCUT2D eigenvalue weighted by atomic mass is 10.1. The van der Waals surface area contributed by atoms with Gasteiger partial charge < -0.3 is 10.3 Å². The van der Waals surface area contributed by atoms with Crippen LogP contribution < -0.4 is 5.73 Å². The third-order valence-electron chi connectivity index (χ3n) is 2.87. The first-order valence-corrected chi connectivity index (χ1v) is 5.98. The Labute approximate surface area is 102 Å². The van der Waals surface area contributed by atoms with Gasteiger partial charge in [-0.1, -0.05) is 6.92 Å². The molecular formula is C13H18N4. The summed E-state index contributed by atoms with van der Waals surface area (Å²) < 4.78 is 2.17. The number of nitrogens with two attached hydrogens (primary N) is 1. The Hall–Kier alpha value is -1.68. The van der Waals surface area contributed by atoms with E-state index in [9.17, 15) is 0 Å². The van der Waals surface area contributed by atoms with E-state index in [4.69, 9.17) is 5.73 Å². The average molecular weight is 230 g/mol. The van der Waals surface area contributed by atoms with Crippen molar-refractivity contribution < 1.29 is 0 Å². The molecule has 90 valence electrons. The highest BCUT2D eigenvalue weighted by Gasteiger charge is 2.14. The van der Waals surface area contributed by atoms with Gasteiger partial charge >= 0.3 is 0 Å². The standard InChI is InChI=1S/C13H18N4/c1-2-3-13-16-8-9-17(13)12(10-14)11-4-6-15-7-5-11/h4-9,12H,2-3,10,14H2,1H3. The van der Waals surface area contributed by atoms with Crippen molar-refractivity contribution in [2.75, 3.05) is 6.54 Å². The number of aromatic nitrogens is 3. The van der Waals surface area contributed by atoms with Crippen LogP contribution in [0.5, 0.6) is 0 Å². The molecule has 0 aliphatic rings. The number of pyridine rings is 1. The molecule has 0 aliphatic heterocycles. The summed E-state index contributed by atoms with van der Waals surface area (Å²) in [6.07, 6.45) is 9.51. The van der Waals surface area contributed by atoms with E-state index < -0.39 is 0 Å². The third kappa shape index (κ3) is 2.53. The summed E-state index contributed by atoms with van der Waals surface area (Å²) in [7, 11) is 0. The molecule has 4 nitrogen and oxygen atoms in total. The molecule has 0 spiro atoms. The van der Waals surface area contributed by atoms with E-state index in [1.54, 1.807) is 12.4 Å². The van der Waals surface area contributed by atoms with E-state index in [-0.39, 0.29) is 6.04 Å². The Morgan fingerprint density at radius 3 is 2.71 bits per heavy atom. The van der Waals surface area contributed by atoms with Crippen molar-refractivity contribution in [3.8, 4) is 0 Å². The summed E-state index contributed by atoms with van der Waals surface area (Å²) in [4.78, 5) is 8.43. The second-order valence-electron chi connectivity index (χ2n) is 4.03. The van der Waals surface area contributed by atoms with Crippen LogP contribution in [-0.2, 0) is 6.42 Å². The molecule has 2 heterocycles. The second kappa shape index (κ2) is 5.59. The van der Waals surface area contributed by atoms with Crippen molar-refractivity contribution in [2.45, 2.75) is 25.8 Å². The Morgan fingerprint density at radius 1 is 1.29 bits per heavy atom. The molecular weight excluding hydrogens is 212 g/mol. The van der Waals surface area contributed by atoms with Gasteiger partial charge in [-0.2, -0.15) is 0 Å². The molecule has 0 aromatic carbocycles. The quantitative estimate of drug-likeness (QED) is 0.851. The molecule has 0 aliphatic carbocycles. The smallest absolute Gasteiger partial charge is 0.109 e. The topological polar surface area (TPSA) is 56.7 Å². The number of imidazole rings is 1. The Kier molecular flexibility index (Phi) is 3.88. The van der Waals surface area contributed by atoms with Gasteiger partial charge in [0.15, 0.2) is 0 Å². The molecule has 2 aromatic heterocycles. The van der Waals surface area contributed by atoms with Crippen molar-refractivity contribution >= 4 is 0 Å². The molecule has 2 aromatic rings. The van der Waals surface area contributed by atoms with E-state index in [0.29, 0.717) is 6.54 Å². The second-order valence-corrected chi connectivity index (χ2v) is 4.03. The molecule has 0 bridgehead atoms. The Morgan fingerprint density at radius 2 is 2.06 bits per heavy atom. The zero-order valence-corrected chi connectivity index (χ0v) is 10.1. The summed E-state index contributed by atoms with van der Waals surface area (Å²) in [5.74, 6) is 1.10. The molecule has 0 fully saturated rings. The van der Waals surface area contributed by atoms with Crippen LogP contribution in [-0.4, -0.2) is 21.1 Å². The highest BCUT2D eigenvalue weighted by atomic mass is 15.1. The fourth-order valence-electron chi connectivity index (χ4n) is 2.04. The lowest BCUT2D eigenvalue weighted by molar-refractivity contribution is 0.561. The SMILES string of the molecule is CCCc1nccn1C(CN)c1ccncc1. The van der Waals surface area contributed by atoms with E-state index in [1.807, 2.05) is 24.5 Å². The summed E-state index contributed by atoms with van der Waals surface area (Å²) in [5.41, 5.74) is 7.07. The normalized spacial score (nSPS) is 12.6. The van der Waals surface area contributed by atoms with Gasteiger partial charge in [0.2, 0.25) is 0 Å². The van der Waals surface area contributed by atoms with Crippen LogP contribution in [0.1, 0.15) is 30.8 Å². The first-order valence-electron chi connectivity index (χ1n) is 5.98. The van der Waals surface area contributed by atoms with Crippen LogP contribution in [0.2, 0.25) is 0 Å². The number of hydrogen-bond donors (Lipinski definition) is 1. The first kappa shape index (κ1) is 11.8. The third-order valence-corrected chi connectivity index (χ3v) is 2.87. The molecule has 0 saturated heterocycles. The van der Waals surface area contributed by atoms with E-state index in [1.165, 1.54) is 5.56 Å². The predicted octanol–water partition coefficient (Wildman–Crippen LogP) is 1.78. The van der Waals surface area contributed by atoms with E-state index in [2.05, 4.69) is 21.5 Å². The van der Waals surface area contributed by atoms with Gasteiger partial charge in [-0.25, -0.2) is 4.98 Å². The fourth-order valence-corrected chi connectivity index (χ4v) is 2.04. The maximum Gasteiger partial charge on any atom is 0.109 e. The number of hydrogen-bond acceptors (Lipinski definition) is 3. The number of aryl methyl sites for hydroxylation is 1. The molecule has 4 heteroatoms. The minimum absolute atomic E-state index is 0.155. The zero-order valence-electron chi connectivity index (χ0n) is 10.1. The van der Waals surface area contributed by atoms with Crippen molar-refractivity contribution in [3.63, 3.8) is 0 Å². The Balaban J connectivity index is 2.32.